The van der Waals surface area contributed by atoms with E-state index in [0.29, 0.717) is 13.0 Å². The van der Waals surface area contributed by atoms with Crippen LogP contribution in [0, 0.1) is 5.92 Å². The molecule has 7 heteroatoms. The summed E-state index contributed by atoms with van der Waals surface area (Å²) in [5.74, 6) is 1.65. The summed E-state index contributed by atoms with van der Waals surface area (Å²) in [6.45, 7) is 0.674. The number of aryl methyl sites for hydroxylation is 1. The van der Waals surface area contributed by atoms with Crippen LogP contribution in [0.3, 0.4) is 0 Å². The minimum absolute atomic E-state index is 0.0536. The first-order valence-corrected chi connectivity index (χ1v) is 6.77. The van der Waals surface area contributed by atoms with Crippen molar-refractivity contribution in [3.8, 4) is 0 Å². The van der Waals surface area contributed by atoms with Crippen molar-refractivity contribution >= 4 is 16.9 Å². The predicted molar refractivity (Wildman–Crippen MR) is 77.8 cm³/mol. The zero-order valence-corrected chi connectivity index (χ0v) is 11.7. The Morgan fingerprint density at radius 3 is 3.10 bits per heavy atom. The number of aliphatic hydroxyl groups is 1. The third-order valence-electron chi connectivity index (χ3n) is 3.42. The van der Waals surface area contributed by atoms with Gasteiger partial charge in [-0.05, 0) is 12.1 Å². The summed E-state index contributed by atoms with van der Waals surface area (Å²) >= 11 is 0. The van der Waals surface area contributed by atoms with E-state index in [9.17, 15) is 5.11 Å². The van der Waals surface area contributed by atoms with E-state index < -0.39 is 0 Å². The molecular weight excluding hydrogens is 270 g/mol. The normalized spacial score (nSPS) is 12.7. The lowest BCUT2D eigenvalue weighted by Gasteiger charge is -2.14. The van der Waals surface area contributed by atoms with Gasteiger partial charge in [-0.1, -0.05) is 0 Å². The lowest BCUT2D eigenvalue weighted by atomic mass is 10.1. The molecular formula is C14H17N5O2. The van der Waals surface area contributed by atoms with Crippen molar-refractivity contribution in [3.63, 3.8) is 0 Å². The van der Waals surface area contributed by atoms with Gasteiger partial charge in [-0.25, -0.2) is 9.97 Å². The number of nitrogens with one attached hydrogen (secondary N) is 1. The first-order valence-electron chi connectivity index (χ1n) is 6.77. The molecule has 0 spiro atoms. The van der Waals surface area contributed by atoms with Gasteiger partial charge in [-0.3, -0.25) is 4.68 Å². The minimum atomic E-state index is 0.0536. The van der Waals surface area contributed by atoms with Crippen LogP contribution in [0.25, 0.3) is 11.0 Å². The second kappa shape index (κ2) is 5.92. The summed E-state index contributed by atoms with van der Waals surface area (Å²) in [6.07, 6.45) is 5.56. The fraction of sp³-hybridized carbons (Fsp3) is 0.357. The van der Waals surface area contributed by atoms with Gasteiger partial charge in [0.25, 0.3) is 0 Å². The third-order valence-corrected chi connectivity index (χ3v) is 3.42. The van der Waals surface area contributed by atoms with Crippen LogP contribution in [0.1, 0.15) is 5.76 Å². The molecule has 2 N–H and O–H groups in total. The van der Waals surface area contributed by atoms with Gasteiger partial charge in [0.2, 0.25) is 0 Å². The van der Waals surface area contributed by atoms with Crippen LogP contribution in [0.4, 0.5) is 5.82 Å². The van der Waals surface area contributed by atoms with Crippen LogP contribution in [-0.2, 0) is 13.5 Å². The minimum Gasteiger partial charge on any atom is -0.469 e. The summed E-state index contributed by atoms with van der Waals surface area (Å²) in [5, 5.41) is 17.8. The lowest BCUT2D eigenvalue weighted by molar-refractivity contribution is 0.226. The van der Waals surface area contributed by atoms with Crippen molar-refractivity contribution in [3.05, 3.63) is 36.7 Å². The Bertz CT molecular complexity index is 707. The molecule has 0 aliphatic rings. The number of hydrogen-bond donors (Lipinski definition) is 2. The molecule has 0 bridgehead atoms. The summed E-state index contributed by atoms with van der Waals surface area (Å²) in [4.78, 5) is 8.44. The molecule has 7 nitrogen and oxygen atoms in total. The van der Waals surface area contributed by atoms with Gasteiger partial charge < -0.3 is 14.8 Å². The number of hydrogen-bond acceptors (Lipinski definition) is 6. The standard InChI is InChI=1S/C14H17N5O2/c1-19-14-12(7-18-19)13(16-9-17-14)15-6-10(8-20)5-11-3-2-4-21-11/h2-4,7,9-10,20H,5-6,8H2,1H3,(H,15,16,17)/t10-/m0/s1. The second-order valence-electron chi connectivity index (χ2n) is 4.94. The highest BCUT2D eigenvalue weighted by molar-refractivity contribution is 5.85. The van der Waals surface area contributed by atoms with Crippen LogP contribution >= 0.6 is 0 Å². The zero-order chi connectivity index (χ0) is 14.7. The Balaban J connectivity index is 1.70. The molecule has 0 saturated heterocycles. The highest BCUT2D eigenvalue weighted by Gasteiger charge is 2.13. The molecule has 0 aromatic carbocycles. The number of nitrogens with zero attached hydrogens (tertiary/aromatic N) is 4. The Hall–Kier alpha value is -2.41. The highest BCUT2D eigenvalue weighted by atomic mass is 16.3. The monoisotopic (exact) mass is 287 g/mol. The van der Waals surface area contributed by atoms with Crippen molar-refractivity contribution in [2.45, 2.75) is 6.42 Å². The van der Waals surface area contributed by atoms with E-state index in [4.69, 9.17) is 4.42 Å². The molecule has 3 rings (SSSR count). The van der Waals surface area contributed by atoms with E-state index >= 15 is 0 Å². The maximum Gasteiger partial charge on any atom is 0.163 e. The number of rotatable bonds is 6. The van der Waals surface area contributed by atoms with Gasteiger partial charge in [0.05, 0.1) is 17.8 Å². The molecule has 0 saturated carbocycles. The zero-order valence-electron chi connectivity index (χ0n) is 11.7. The maximum atomic E-state index is 9.49. The molecule has 21 heavy (non-hydrogen) atoms. The quantitative estimate of drug-likeness (QED) is 0.708. The van der Waals surface area contributed by atoms with Crippen molar-refractivity contribution in [2.75, 3.05) is 18.5 Å². The third kappa shape index (κ3) is 2.87. The van der Waals surface area contributed by atoms with Crippen molar-refractivity contribution in [2.24, 2.45) is 13.0 Å². The van der Waals surface area contributed by atoms with Crippen molar-refractivity contribution in [1.82, 2.24) is 19.7 Å². The fourth-order valence-corrected chi connectivity index (χ4v) is 2.26. The summed E-state index contributed by atoms with van der Waals surface area (Å²) in [5.41, 5.74) is 0.777. The molecule has 0 aliphatic carbocycles. The van der Waals surface area contributed by atoms with Gasteiger partial charge in [0, 0.05) is 32.5 Å². The van der Waals surface area contributed by atoms with E-state index in [-0.39, 0.29) is 12.5 Å². The van der Waals surface area contributed by atoms with Gasteiger partial charge in [0.1, 0.15) is 17.9 Å². The predicted octanol–water partition coefficient (Wildman–Crippen LogP) is 1.22. The largest absolute Gasteiger partial charge is 0.469 e. The molecule has 1 atom stereocenters. The second-order valence-corrected chi connectivity index (χ2v) is 4.94. The van der Waals surface area contributed by atoms with Crippen molar-refractivity contribution < 1.29 is 9.52 Å². The summed E-state index contributed by atoms with van der Waals surface area (Å²) in [7, 11) is 1.84. The van der Waals surface area contributed by atoms with E-state index in [1.54, 1.807) is 17.1 Å². The Labute approximate surface area is 121 Å². The molecule has 110 valence electrons. The average Bonchev–Trinajstić information content (AvgIpc) is 3.14. The SMILES string of the molecule is Cn1ncc2c(NC[C@@H](CO)Cc3ccco3)ncnc21. The topological polar surface area (TPSA) is 89.0 Å². The number of furan rings is 1. The first kappa shape index (κ1) is 13.6. The number of aromatic nitrogens is 4. The van der Waals surface area contributed by atoms with Crippen LogP contribution in [-0.4, -0.2) is 38.0 Å². The molecule has 0 aliphatic heterocycles. The van der Waals surface area contributed by atoms with Crippen LogP contribution in [0.15, 0.2) is 35.3 Å². The van der Waals surface area contributed by atoms with Gasteiger partial charge >= 0.3 is 0 Å². The van der Waals surface area contributed by atoms with E-state index in [1.807, 2.05) is 19.2 Å². The summed E-state index contributed by atoms with van der Waals surface area (Å²) in [6, 6.07) is 3.76. The lowest BCUT2D eigenvalue weighted by Crippen LogP contribution is -2.20. The van der Waals surface area contributed by atoms with Gasteiger partial charge in [-0.2, -0.15) is 5.10 Å². The smallest absolute Gasteiger partial charge is 0.163 e. The first-order chi connectivity index (χ1) is 10.3. The number of anilines is 1. The molecule has 0 amide bonds. The maximum absolute atomic E-state index is 9.49. The number of aliphatic hydroxyl groups excluding tert-OH is 1. The van der Waals surface area contributed by atoms with E-state index in [0.717, 1.165) is 22.6 Å². The van der Waals surface area contributed by atoms with E-state index in [2.05, 4.69) is 20.4 Å². The Morgan fingerprint density at radius 2 is 2.33 bits per heavy atom. The van der Waals surface area contributed by atoms with Crippen molar-refractivity contribution in [1.29, 1.82) is 0 Å². The molecule has 3 aromatic heterocycles. The fourth-order valence-electron chi connectivity index (χ4n) is 2.26. The van der Waals surface area contributed by atoms with Crippen LogP contribution in [0.5, 0.6) is 0 Å². The Morgan fingerprint density at radius 1 is 1.43 bits per heavy atom. The van der Waals surface area contributed by atoms with Gasteiger partial charge in [-0.15, -0.1) is 0 Å². The van der Waals surface area contributed by atoms with Crippen LogP contribution < -0.4 is 5.32 Å². The average molecular weight is 287 g/mol. The van der Waals surface area contributed by atoms with E-state index in [1.165, 1.54) is 6.33 Å². The molecule has 0 radical (unpaired) electrons. The van der Waals surface area contributed by atoms with Crippen LogP contribution in [0.2, 0.25) is 0 Å². The van der Waals surface area contributed by atoms with Gasteiger partial charge in [0.15, 0.2) is 5.65 Å². The summed E-state index contributed by atoms with van der Waals surface area (Å²) < 4.78 is 7.02. The molecule has 3 heterocycles. The highest BCUT2D eigenvalue weighted by Crippen LogP contribution is 2.18. The Kier molecular flexibility index (Phi) is 3.83. The molecule has 3 aromatic rings. The molecule has 0 fully saturated rings. The number of fused-ring (bicyclic) bond motifs is 1. The molecule has 0 unspecified atom stereocenters.